The molecule has 0 bridgehead atoms. The quantitative estimate of drug-likeness (QED) is 0.901. The number of benzene rings is 1. The van der Waals surface area contributed by atoms with E-state index in [-0.39, 0.29) is 0 Å². The molecule has 3 heteroatoms. The standard InChI is InChI=1S/C15H23ClN2/c1-11-9-15(17-3)7-8-18(11)12(2)13-5-4-6-14(16)10-13/h4-6,10-12,15,17H,7-9H2,1-3H3. The minimum absolute atomic E-state index is 0.441. The monoisotopic (exact) mass is 266 g/mol. The van der Waals surface area contributed by atoms with Gasteiger partial charge in [0.25, 0.3) is 0 Å². The number of hydrogen-bond donors (Lipinski definition) is 1. The Morgan fingerprint density at radius 1 is 1.44 bits per heavy atom. The van der Waals surface area contributed by atoms with Crippen molar-refractivity contribution in [1.29, 1.82) is 0 Å². The highest BCUT2D eigenvalue weighted by Crippen LogP contribution is 2.29. The summed E-state index contributed by atoms with van der Waals surface area (Å²) >= 11 is 6.08. The SMILES string of the molecule is CNC1CCN(C(C)c2cccc(Cl)c2)C(C)C1. The fourth-order valence-electron chi connectivity index (χ4n) is 2.99. The molecular formula is C15H23ClN2. The van der Waals surface area contributed by atoms with Gasteiger partial charge in [-0.25, -0.2) is 0 Å². The van der Waals surface area contributed by atoms with E-state index >= 15 is 0 Å². The van der Waals surface area contributed by atoms with E-state index in [0.29, 0.717) is 18.1 Å². The van der Waals surface area contributed by atoms with Crippen LogP contribution in [-0.2, 0) is 0 Å². The minimum Gasteiger partial charge on any atom is -0.317 e. The van der Waals surface area contributed by atoms with Gasteiger partial charge in [0.1, 0.15) is 0 Å². The molecule has 1 aromatic carbocycles. The van der Waals surface area contributed by atoms with Gasteiger partial charge in [-0.2, -0.15) is 0 Å². The lowest BCUT2D eigenvalue weighted by molar-refractivity contribution is 0.0975. The zero-order valence-electron chi connectivity index (χ0n) is 11.5. The van der Waals surface area contributed by atoms with Crippen LogP contribution in [0.2, 0.25) is 5.02 Å². The molecule has 1 fully saturated rings. The lowest BCUT2D eigenvalue weighted by Gasteiger charge is -2.41. The van der Waals surface area contributed by atoms with Gasteiger partial charge in [-0.05, 0) is 51.4 Å². The minimum atomic E-state index is 0.441. The third-order valence-corrected chi connectivity index (χ3v) is 4.40. The van der Waals surface area contributed by atoms with Crippen LogP contribution < -0.4 is 5.32 Å². The molecule has 1 aliphatic rings. The first-order chi connectivity index (χ1) is 8.61. The van der Waals surface area contributed by atoms with Crippen molar-refractivity contribution in [3.63, 3.8) is 0 Å². The van der Waals surface area contributed by atoms with E-state index in [0.717, 1.165) is 11.6 Å². The van der Waals surface area contributed by atoms with Gasteiger partial charge in [0.05, 0.1) is 0 Å². The molecule has 1 N–H and O–H groups in total. The molecule has 0 amide bonds. The van der Waals surface area contributed by atoms with Crippen LogP contribution in [-0.4, -0.2) is 30.6 Å². The Morgan fingerprint density at radius 2 is 2.22 bits per heavy atom. The first kappa shape index (κ1) is 13.9. The van der Waals surface area contributed by atoms with Crippen molar-refractivity contribution in [2.45, 2.75) is 44.8 Å². The highest BCUT2D eigenvalue weighted by atomic mass is 35.5. The molecule has 1 aromatic rings. The summed E-state index contributed by atoms with van der Waals surface area (Å²) in [4.78, 5) is 2.58. The second kappa shape index (κ2) is 6.05. The summed E-state index contributed by atoms with van der Waals surface area (Å²) in [5, 5.41) is 4.23. The molecule has 1 aliphatic heterocycles. The number of likely N-dealkylation sites (tertiary alicyclic amines) is 1. The van der Waals surface area contributed by atoms with Gasteiger partial charge in [0, 0.05) is 29.7 Å². The van der Waals surface area contributed by atoms with Gasteiger partial charge in [-0.1, -0.05) is 23.7 Å². The van der Waals surface area contributed by atoms with E-state index in [1.807, 2.05) is 12.1 Å². The predicted octanol–water partition coefficient (Wildman–Crippen LogP) is 3.47. The Balaban J connectivity index is 2.07. The molecule has 2 nitrogen and oxygen atoms in total. The van der Waals surface area contributed by atoms with Crippen LogP contribution in [0.25, 0.3) is 0 Å². The Kier molecular flexibility index (Phi) is 4.66. The topological polar surface area (TPSA) is 15.3 Å². The third kappa shape index (κ3) is 3.05. The van der Waals surface area contributed by atoms with Crippen molar-refractivity contribution in [2.24, 2.45) is 0 Å². The second-order valence-corrected chi connectivity index (χ2v) is 5.76. The maximum absolute atomic E-state index is 6.08. The smallest absolute Gasteiger partial charge is 0.0409 e. The first-order valence-corrected chi connectivity index (χ1v) is 7.18. The molecule has 0 aromatic heterocycles. The Hall–Kier alpha value is -0.570. The summed E-state index contributed by atoms with van der Waals surface area (Å²) in [7, 11) is 2.06. The summed E-state index contributed by atoms with van der Waals surface area (Å²) in [6.07, 6.45) is 2.45. The van der Waals surface area contributed by atoms with Crippen LogP contribution in [0.3, 0.4) is 0 Å². The second-order valence-electron chi connectivity index (χ2n) is 5.33. The van der Waals surface area contributed by atoms with E-state index in [1.165, 1.54) is 18.4 Å². The van der Waals surface area contributed by atoms with Crippen molar-refractivity contribution >= 4 is 11.6 Å². The van der Waals surface area contributed by atoms with Gasteiger partial charge in [0.15, 0.2) is 0 Å². The van der Waals surface area contributed by atoms with E-state index in [9.17, 15) is 0 Å². The molecule has 2 rings (SSSR count). The fraction of sp³-hybridized carbons (Fsp3) is 0.600. The summed E-state index contributed by atoms with van der Waals surface area (Å²) in [6.45, 7) is 5.76. The maximum Gasteiger partial charge on any atom is 0.0409 e. The number of hydrogen-bond acceptors (Lipinski definition) is 2. The molecule has 3 atom stereocenters. The molecule has 100 valence electrons. The normalized spacial score (nSPS) is 27.1. The van der Waals surface area contributed by atoms with Crippen LogP contribution >= 0.6 is 11.6 Å². The molecule has 0 saturated carbocycles. The van der Waals surface area contributed by atoms with Gasteiger partial charge in [0.2, 0.25) is 0 Å². The summed E-state index contributed by atoms with van der Waals surface area (Å²) in [5.74, 6) is 0. The predicted molar refractivity (Wildman–Crippen MR) is 78.1 cm³/mol. The highest BCUT2D eigenvalue weighted by Gasteiger charge is 2.28. The van der Waals surface area contributed by atoms with Crippen LogP contribution in [0.4, 0.5) is 0 Å². The van der Waals surface area contributed by atoms with Crippen LogP contribution in [0, 0.1) is 0 Å². The number of halogens is 1. The zero-order valence-corrected chi connectivity index (χ0v) is 12.2. The molecule has 1 saturated heterocycles. The van der Waals surface area contributed by atoms with E-state index in [2.05, 4.69) is 43.2 Å². The largest absolute Gasteiger partial charge is 0.317 e. The van der Waals surface area contributed by atoms with Gasteiger partial charge in [-0.3, -0.25) is 4.90 Å². The van der Waals surface area contributed by atoms with E-state index < -0.39 is 0 Å². The van der Waals surface area contributed by atoms with Crippen LogP contribution in [0.1, 0.15) is 38.3 Å². The lowest BCUT2D eigenvalue weighted by atomic mass is 9.95. The Morgan fingerprint density at radius 3 is 2.83 bits per heavy atom. The average molecular weight is 267 g/mol. The molecule has 1 heterocycles. The number of nitrogens with zero attached hydrogens (tertiary/aromatic N) is 1. The van der Waals surface area contributed by atoms with Gasteiger partial charge >= 0.3 is 0 Å². The van der Waals surface area contributed by atoms with Crippen molar-refractivity contribution < 1.29 is 0 Å². The molecule has 0 spiro atoms. The van der Waals surface area contributed by atoms with Gasteiger partial charge < -0.3 is 5.32 Å². The Bertz CT molecular complexity index is 394. The third-order valence-electron chi connectivity index (χ3n) is 4.16. The number of piperidine rings is 1. The van der Waals surface area contributed by atoms with Gasteiger partial charge in [-0.15, -0.1) is 0 Å². The molecule has 18 heavy (non-hydrogen) atoms. The summed E-state index contributed by atoms with van der Waals surface area (Å²) < 4.78 is 0. The average Bonchev–Trinajstić information content (AvgIpc) is 2.37. The molecule has 0 radical (unpaired) electrons. The Labute approximate surface area is 115 Å². The molecule has 0 aliphatic carbocycles. The number of rotatable bonds is 3. The van der Waals surface area contributed by atoms with Crippen molar-refractivity contribution in [3.8, 4) is 0 Å². The maximum atomic E-state index is 6.08. The van der Waals surface area contributed by atoms with E-state index in [4.69, 9.17) is 11.6 Å². The van der Waals surface area contributed by atoms with E-state index in [1.54, 1.807) is 0 Å². The first-order valence-electron chi connectivity index (χ1n) is 6.80. The lowest BCUT2D eigenvalue weighted by Crippen LogP contribution is -2.47. The van der Waals surface area contributed by atoms with Crippen molar-refractivity contribution in [3.05, 3.63) is 34.9 Å². The van der Waals surface area contributed by atoms with Crippen molar-refractivity contribution in [2.75, 3.05) is 13.6 Å². The summed E-state index contributed by atoms with van der Waals surface area (Å²) in [5.41, 5.74) is 1.32. The number of nitrogens with one attached hydrogen (secondary N) is 1. The van der Waals surface area contributed by atoms with Crippen LogP contribution in [0.5, 0.6) is 0 Å². The zero-order chi connectivity index (χ0) is 13.1. The highest BCUT2D eigenvalue weighted by molar-refractivity contribution is 6.30. The molecule has 3 unspecified atom stereocenters. The fourth-order valence-corrected chi connectivity index (χ4v) is 3.18. The summed E-state index contributed by atoms with van der Waals surface area (Å²) in [6, 6.07) is 9.97. The van der Waals surface area contributed by atoms with Crippen LogP contribution in [0.15, 0.2) is 24.3 Å². The van der Waals surface area contributed by atoms with Crippen molar-refractivity contribution in [1.82, 2.24) is 10.2 Å². The molecular weight excluding hydrogens is 244 g/mol.